The number of aromatic nitrogens is 2. The molecule has 4 heterocycles. The largest absolute Gasteiger partial charge is 0.469 e. The molecule has 2 aliphatic carbocycles. The molecule has 5 aliphatic rings. The van der Waals surface area contributed by atoms with E-state index in [1.165, 1.54) is 26.4 Å². The van der Waals surface area contributed by atoms with E-state index in [1.54, 1.807) is 26.9 Å². The molecular weight excluding hydrogens is 700 g/mol. The van der Waals surface area contributed by atoms with Gasteiger partial charge in [0.15, 0.2) is 0 Å². The van der Waals surface area contributed by atoms with Crippen molar-refractivity contribution in [1.29, 1.82) is 0 Å². The fourth-order valence-corrected chi connectivity index (χ4v) is 9.37. The van der Waals surface area contributed by atoms with Gasteiger partial charge in [-0.2, -0.15) is 5.10 Å². The number of hydrogen-bond acceptors (Lipinski definition) is 8. The number of carbonyl (C=O) groups excluding carboxylic acids is 5. The average Bonchev–Trinajstić information content (AvgIpc) is 3.47. The Bertz CT molecular complexity index is 1720. The van der Waals surface area contributed by atoms with Crippen LogP contribution in [0, 0.1) is 34.5 Å². The van der Waals surface area contributed by atoms with Gasteiger partial charge in [0.2, 0.25) is 17.7 Å². The summed E-state index contributed by atoms with van der Waals surface area (Å²) in [6.45, 7) is 9.08. The lowest BCUT2D eigenvalue weighted by Gasteiger charge is -2.50. The third kappa shape index (κ3) is 8.46. The monoisotopic (exact) mass is 758 g/mol. The lowest BCUT2D eigenvalue weighted by atomic mass is 9.70. The van der Waals surface area contributed by atoms with Crippen molar-refractivity contribution < 1.29 is 33.4 Å². The number of esters is 1. The zero-order chi connectivity index (χ0) is 38.9. The summed E-state index contributed by atoms with van der Waals surface area (Å²) in [5.74, 6) is -1.44. The fourth-order valence-electron chi connectivity index (χ4n) is 9.37. The first-order chi connectivity index (χ1) is 26.4. The molecule has 1 aromatic heterocycles. The smallest absolute Gasteiger partial charge is 0.308 e. The van der Waals surface area contributed by atoms with Gasteiger partial charge in [-0.1, -0.05) is 63.4 Å². The number of carbonyl (C=O) groups is 5. The topological polar surface area (TPSA) is 143 Å². The molecule has 4 atom stereocenters. The molecule has 1 aromatic carbocycles. The van der Waals surface area contributed by atoms with E-state index in [2.05, 4.69) is 24.3 Å². The second-order valence-corrected chi connectivity index (χ2v) is 17.6. The molecule has 13 nitrogen and oxygen atoms in total. The Morgan fingerprint density at radius 3 is 2.24 bits per heavy atom. The highest BCUT2D eigenvalue weighted by Gasteiger charge is 2.62. The summed E-state index contributed by atoms with van der Waals surface area (Å²) in [6, 6.07) is 8.95. The van der Waals surface area contributed by atoms with Crippen LogP contribution in [0.15, 0.2) is 42.7 Å². The van der Waals surface area contributed by atoms with Crippen LogP contribution < -0.4 is 5.32 Å². The van der Waals surface area contributed by atoms with Crippen molar-refractivity contribution in [1.82, 2.24) is 29.8 Å². The van der Waals surface area contributed by atoms with Crippen molar-refractivity contribution in [2.24, 2.45) is 34.5 Å². The van der Waals surface area contributed by atoms with Crippen LogP contribution in [-0.2, 0) is 35.2 Å². The Morgan fingerprint density at radius 1 is 0.909 bits per heavy atom. The molecule has 5 fully saturated rings. The third-order valence-electron chi connectivity index (χ3n) is 13.1. The van der Waals surface area contributed by atoms with Gasteiger partial charge in [-0.25, -0.2) is 0 Å². The van der Waals surface area contributed by atoms with Crippen molar-refractivity contribution in [3.05, 3.63) is 53.9 Å². The number of rotatable bonds is 12. The van der Waals surface area contributed by atoms with Gasteiger partial charge in [-0.05, 0) is 55.9 Å². The normalized spacial score (nSPS) is 24.5. The molecule has 3 saturated heterocycles. The maximum Gasteiger partial charge on any atom is 0.308 e. The van der Waals surface area contributed by atoms with Crippen LogP contribution in [0.4, 0.5) is 0 Å². The average molecular weight is 759 g/mol. The van der Waals surface area contributed by atoms with E-state index < -0.39 is 23.5 Å². The molecule has 7 rings (SSSR count). The van der Waals surface area contributed by atoms with Crippen LogP contribution in [0.25, 0.3) is 0 Å². The lowest BCUT2D eigenvalue weighted by Crippen LogP contribution is -2.65. The SMILES string of the molecule is COC(=O)C1CCN(C(=O)[C@@H](NC(=O)[C@@H]2CN(C(=O)c3cnn(Cc4ccccc4)c3)CC23CN(C(=O)[C@H]2CC2(C)C)C3)[C@@H](C)OCC2CCCCC2)CC1. The van der Waals surface area contributed by atoms with Gasteiger partial charge >= 0.3 is 5.97 Å². The highest BCUT2D eigenvalue weighted by Crippen LogP contribution is 2.54. The van der Waals surface area contributed by atoms with E-state index in [1.807, 2.05) is 42.2 Å². The molecule has 0 unspecified atom stereocenters. The number of methoxy groups -OCH3 is 1. The van der Waals surface area contributed by atoms with Gasteiger partial charge in [0.25, 0.3) is 5.91 Å². The van der Waals surface area contributed by atoms with Gasteiger partial charge in [-0.15, -0.1) is 0 Å². The molecule has 0 bridgehead atoms. The first-order valence-electron chi connectivity index (χ1n) is 20.3. The Hall–Kier alpha value is -4.26. The van der Waals surface area contributed by atoms with Crippen molar-refractivity contribution in [3.8, 4) is 0 Å². The number of nitrogens with zero attached hydrogens (tertiary/aromatic N) is 5. The molecule has 3 aliphatic heterocycles. The van der Waals surface area contributed by atoms with Crippen LogP contribution in [-0.4, -0.2) is 119 Å². The molecular formula is C42H58N6O7. The number of piperidine rings is 1. The molecule has 4 amide bonds. The minimum atomic E-state index is -0.950. The first kappa shape index (κ1) is 39.0. The van der Waals surface area contributed by atoms with E-state index in [0.717, 1.165) is 24.8 Å². The van der Waals surface area contributed by atoms with Crippen molar-refractivity contribution in [2.45, 2.75) is 90.8 Å². The minimum Gasteiger partial charge on any atom is -0.469 e. The number of benzene rings is 1. The second-order valence-electron chi connectivity index (χ2n) is 17.6. The zero-order valence-corrected chi connectivity index (χ0v) is 32.9. The molecule has 298 valence electrons. The van der Waals surface area contributed by atoms with E-state index in [4.69, 9.17) is 9.47 Å². The summed E-state index contributed by atoms with van der Waals surface area (Å²) in [6.07, 6.45) is 10.3. The van der Waals surface area contributed by atoms with E-state index in [9.17, 15) is 24.0 Å². The summed E-state index contributed by atoms with van der Waals surface area (Å²) in [5.41, 5.74) is 0.828. The minimum absolute atomic E-state index is 0.0269. The van der Waals surface area contributed by atoms with Gasteiger partial charge < -0.3 is 29.5 Å². The van der Waals surface area contributed by atoms with Gasteiger partial charge in [0.05, 0.1) is 43.4 Å². The Balaban J connectivity index is 1.08. The number of hydrogen-bond donors (Lipinski definition) is 1. The Kier molecular flexibility index (Phi) is 11.4. The molecule has 2 saturated carbocycles. The summed E-state index contributed by atoms with van der Waals surface area (Å²) >= 11 is 0. The number of ether oxygens (including phenoxy) is 2. The molecule has 55 heavy (non-hydrogen) atoms. The summed E-state index contributed by atoms with van der Waals surface area (Å²) in [5, 5.41) is 7.58. The molecule has 1 N–H and O–H groups in total. The molecule has 0 radical (unpaired) electrons. The highest BCUT2D eigenvalue weighted by atomic mass is 16.5. The number of likely N-dealkylation sites (tertiary alicyclic amines) is 3. The Labute approximate surface area is 324 Å². The standard InChI is InChI=1S/C42H58N6O7/c1-28(55-24-30-13-9-6-10-14-30)35(39(52)45-17-15-31(16-18-45)40(53)54-4)44-36(49)34-23-46(25-42(34)26-47(27-42)38(51)33-19-41(33,2)3)37(50)32-20-43-48(22-32)21-29-11-7-5-8-12-29/h5,7-8,11-12,20,22,28,30-31,33-35H,6,9-10,13-19,21,23-27H2,1-4H3,(H,44,49)/t28-,33-,34+,35+/m1/s1. The summed E-state index contributed by atoms with van der Waals surface area (Å²) < 4.78 is 13.1. The van der Waals surface area contributed by atoms with E-state index in [-0.39, 0.29) is 53.4 Å². The van der Waals surface area contributed by atoms with Crippen LogP contribution in [0.3, 0.4) is 0 Å². The predicted molar refractivity (Wildman–Crippen MR) is 203 cm³/mol. The van der Waals surface area contributed by atoms with Crippen LogP contribution in [0.2, 0.25) is 0 Å². The maximum absolute atomic E-state index is 14.6. The summed E-state index contributed by atoms with van der Waals surface area (Å²) in [4.78, 5) is 73.9. The fraction of sp³-hybridized carbons (Fsp3) is 0.667. The lowest BCUT2D eigenvalue weighted by molar-refractivity contribution is -0.154. The Morgan fingerprint density at radius 2 is 1.58 bits per heavy atom. The number of amides is 4. The van der Waals surface area contributed by atoms with Crippen LogP contribution >= 0.6 is 0 Å². The van der Waals surface area contributed by atoms with Crippen molar-refractivity contribution in [3.63, 3.8) is 0 Å². The maximum atomic E-state index is 14.6. The van der Waals surface area contributed by atoms with Gasteiger partial charge in [0, 0.05) is 63.4 Å². The van der Waals surface area contributed by atoms with Crippen LogP contribution in [0.5, 0.6) is 0 Å². The first-order valence-corrected chi connectivity index (χ1v) is 20.3. The third-order valence-corrected chi connectivity index (χ3v) is 13.1. The van der Waals surface area contributed by atoms with Gasteiger partial charge in [-0.3, -0.25) is 28.7 Å². The van der Waals surface area contributed by atoms with Crippen LogP contribution in [0.1, 0.15) is 88.1 Å². The van der Waals surface area contributed by atoms with Crippen molar-refractivity contribution >= 4 is 29.6 Å². The second kappa shape index (κ2) is 16.1. The molecule has 2 aromatic rings. The van der Waals surface area contributed by atoms with E-state index in [0.29, 0.717) is 70.2 Å². The number of nitrogens with one attached hydrogen (secondary N) is 1. The zero-order valence-electron chi connectivity index (χ0n) is 32.9. The highest BCUT2D eigenvalue weighted by molar-refractivity contribution is 5.96. The van der Waals surface area contributed by atoms with Crippen molar-refractivity contribution in [2.75, 3.05) is 53.0 Å². The van der Waals surface area contributed by atoms with Gasteiger partial charge in [0.1, 0.15) is 6.04 Å². The quantitative estimate of drug-likeness (QED) is 0.323. The summed E-state index contributed by atoms with van der Waals surface area (Å²) in [7, 11) is 1.38. The van der Waals surface area contributed by atoms with E-state index >= 15 is 0 Å². The predicted octanol–water partition coefficient (Wildman–Crippen LogP) is 3.76. The molecule has 13 heteroatoms. The molecule has 1 spiro atoms.